The van der Waals surface area contributed by atoms with Crippen LogP contribution in [0.15, 0.2) is 18.2 Å². The van der Waals surface area contributed by atoms with Crippen LogP contribution in [0.5, 0.6) is 0 Å². The average Bonchev–Trinajstić information content (AvgIpc) is 2.54. The van der Waals surface area contributed by atoms with Gasteiger partial charge in [0.1, 0.15) is 0 Å². The zero-order chi connectivity index (χ0) is 16.7. The first-order valence-electron chi connectivity index (χ1n) is 8.96. The Kier molecular flexibility index (Phi) is 3.83. The zero-order valence-corrected chi connectivity index (χ0v) is 14.2. The van der Waals surface area contributed by atoms with Gasteiger partial charge in [-0.15, -0.1) is 0 Å². The highest BCUT2D eigenvalue weighted by molar-refractivity contribution is 6.01. The molecular formula is C19H25N3O2. The van der Waals surface area contributed by atoms with E-state index in [4.69, 9.17) is 0 Å². The first kappa shape index (κ1) is 15.6. The summed E-state index contributed by atoms with van der Waals surface area (Å²) in [5.41, 5.74) is 4.01. The van der Waals surface area contributed by atoms with Gasteiger partial charge >= 0.3 is 0 Å². The molecule has 3 heterocycles. The number of benzene rings is 1. The molecule has 0 unspecified atom stereocenters. The molecule has 1 aromatic carbocycles. The van der Waals surface area contributed by atoms with Crippen LogP contribution in [0.25, 0.3) is 0 Å². The smallest absolute Gasteiger partial charge is 0.234 e. The molecule has 128 valence electrons. The van der Waals surface area contributed by atoms with Crippen LogP contribution in [0, 0.1) is 12.3 Å². The summed E-state index contributed by atoms with van der Waals surface area (Å²) in [6.07, 6.45) is 3.56. The monoisotopic (exact) mass is 327 g/mol. The second-order valence-corrected chi connectivity index (χ2v) is 7.64. The number of anilines is 1. The van der Waals surface area contributed by atoms with E-state index < -0.39 is 0 Å². The Morgan fingerprint density at radius 1 is 1.17 bits per heavy atom. The van der Waals surface area contributed by atoms with Crippen LogP contribution < -0.4 is 15.5 Å². The summed E-state index contributed by atoms with van der Waals surface area (Å²) < 4.78 is 0. The second-order valence-electron chi connectivity index (χ2n) is 7.64. The number of imide groups is 1. The Morgan fingerprint density at radius 2 is 1.92 bits per heavy atom. The molecule has 4 rings (SSSR count). The topological polar surface area (TPSA) is 61.4 Å². The number of carbonyl (C=O) groups is 2. The van der Waals surface area contributed by atoms with Crippen LogP contribution in [0.4, 0.5) is 5.69 Å². The van der Waals surface area contributed by atoms with Gasteiger partial charge in [0.25, 0.3) is 0 Å². The lowest BCUT2D eigenvalue weighted by molar-refractivity contribution is -0.134. The van der Waals surface area contributed by atoms with E-state index in [2.05, 4.69) is 40.7 Å². The standard InChI is InChI=1S/C19H25N3O2/c1-13-10-14(22-8-6-19(7-9-22)11-20-12-19)2-3-15(13)16-4-5-17(23)21-18(16)24/h2-3,10,16,20H,4-9,11-12H2,1H3,(H,21,23,24)/t16-/m1/s1. The number of hydrogen-bond acceptors (Lipinski definition) is 4. The summed E-state index contributed by atoms with van der Waals surface area (Å²) in [6.45, 7) is 6.64. The minimum Gasteiger partial charge on any atom is -0.371 e. The normalized spacial score (nSPS) is 26.2. The molecule has 1 spiro atoms. The van der Waals surface area contributed by atoms with Gasteiger partial charge in [-0.3, -0.25) is 14.9 Å². The van der Waals surface area contributed by atoms with E-state index in [9.17, 15) is 9.59 Å². The van der Waals surface area contributed by atoms with Crippen LogP contribution in [-0.4, -0.2) is 38.0 Å². The van der Waals surface area contributed by atoms with Gasteiger partial charge in [0.2, 0.25) is 11.8 Å². The van der Waals surface area contributed by atoms with Gasteiger partial charge in [-0.1, -0.05) is 6.07 Å². The van der Waals surface area contributed by atoms with Crippen LogP contribution in [0.1, 0.15) is 42.7 Å². The number of aryl methyl sites for hydroxylation is 1. The van der Waals surface area contributed by atoms with Gasteiger partial charge in [0.05, 0.1) is 5.92 Å². The molecule has 5 heteroatoms. The molecule has 3 aliphatic rings. The molecule has 0 aromatic heterocycles. The maximum absolute atomic E-state index is 12.1. The third-order valence-electron chi connectivity index (χ3n) is 6.06. The Labute approximate surface area is 142 Å². The third-order valence-corrected chi connectivity index (χ3v) is 6.06. The summed E-state index contributed by atoms with van der Waals surface area (Å²) >= 11 is 0. The molecule has 2 N–H and O–H groups in total. The van der Waals surface area contributed by atoms with E-state index >= 15 is 0 Å². The molecule has 0 bridgehead atoms. The summed E-state index contributed by atoms with van der Waals surface area (Å²) in [5, 5.41) is 5.87. The van der Waals surface area contributed by atoms with E-state index in [1.807, 2.05) is 0 Å². The van der Waals surface area contributed by atoms with Crippen LogP contribution in [0.3, 0.4) is 0 Å². The van der Waals surface area contributed by atoms with Crippen molar-refractivity contribution < 1.29 is 9.59 Å². The second kappa shape index (κ2) is 5.88. The largest absolute Gasteiger partial charge is 0.371 e. The van der Waals surface area contributed by atoms with Crippen molar-refractivity contribution in [3.8, 4) is 0 Å². The van der Waals surface area contributed by atoms with Gasteiger partial charge in [0.15, 0.2) is 0 Å². The van der Waals surface area contributed by atoms with E-state index in [0.717, 1.165) is 24.2 Å². The Bertz CT molecular complexity index is 671. The molecular weight excluding hydrogens is 302 g/mol. The Morgan fingerprint density at radius 3 is 2.50 bits per heavy atom. The molecule has 0 radical (unpaired) electrons. The fourth-order valence-electron chi connectivity index (χ4n) is 4.31. The average molecular weight is 327 g/mol. The zero-order valence-electron chi connectivity index (χ0n) is 14.2. The first-order chi connectivity index (χ1) is 11.6. The predicted octanol–water partition coefficient (Wildman–Crippen LogP) is 1.71. The van der Waals surface area contributed by atoms with Crippen molar-refractivity contribution in [2.24, 2.45) is 5.41 Å². The lowest BCUT2D eigenvalue weighted by Gasteiger charge is -2.49. The van der Waals surface area contributed by atoms with E-state index in [1.165, 1.54) is 31.6 Å². The van der Waals surface area contributed by atoms with E-state index in [0.29, 0.717) is 18.3 Å². The van der Waals surface area contributed by atoms with Crippen molar-refractivity contribution in [3.63, 3.8) is 0 Å². The molecule has 0 saturated carbocycles. The highest BCUT2D eigenvalue weighted by Gasteiger charge is 2.39. The fourth-order valence-corrected chi connectivity index (χ4v) is 4.31. The van der Waals surface area contributed by atoms with E-state index in [-0.39, 0.29) is 17.7 Å². The van der Waals surface area contributed by atoms with Gasteiger partial charge in [-0.25, -0.2) is 0 Å². The SMILES string of the molecule is Cc1cc(N2CCC3(CC2)CNC3)ccc1[C@H]1CCC(=O)NC1=O. The molecule has 3 fully saturated rings. The minimum atomic E-state index is -0.192. The molecule has 0 aliphatic carbocycles. The molecule has 5 nitrogen and oxygen atoms in total. The van der Waals surface area contributed by atoms with Gasteiger partial charge in [-0.05, 0) is 54.9 Å². The van der Waals surface area contributed by atoms with E-state index in [1.54, 1.807) is 0 Å². The number of hydrogen-bond donors (Lipinski definition) is 2. The van der Waals surface area contributed by atoms with Crippen molar-refractivity contribution in [2.45, 2.75) is 38.5 Å². The van der Waals surface area contributed by atoms with Crippen molar-refractivity contribution in [1.82, 2.24) is 10.6 Å². The predicted molar refractivity (Wildman–Crippen MR) is 93.1 cm³/mol. The molecule has 3 saturated heterocycles. The lowest BCUT2D eigenvalue weighted by Crippen LogP contribution is -2.58. The summed E-state index contributed by atoms with van der Waals surface area (Å²) in [5.74, 6) is -0.500. The maximum atomic E-state index is 12.1. The highest BCUT2D eigenvalue weighted by Crippen LogP contribution is 2.37. The van der Waals surface area contributed by atoms with Crippen LogP contribution in [-0.2, 0) is 9.59 Å². The number of rotatable bonds is 2. The Balaban J connectivity index is 1.48. The molecule has 3 aliphatic heterocycles. The minimum absolute atomic E-state index is 0.153. The van der Waals surface area contributed by atoms with Crippen LogP contribution >= 0.6 is 0 Å². The first-order valence-corrected chi connectivity index (χ1v) is 8.96. The Hall–Kier alpha value is -1.88. The maximum Gasteiger partial charge on any atom is 0.234 e. The van der Waals surface area contributed by atoms with Gasteiger partial charge < -0.3 is 10.2 Å². The fraction of sp³-hybridized carbons (Fsp3) is 0.579. The molecule has 2 amide bonds. The van der Waals surface area contributed by atoms with Crippen molar-refractivity contribution in [2.75, 3.05) is 31.1 Å². The van der Waals surface area contributed by atoms with Gasteiger partial charge in [-0.2, -0.15) is 0 Å². The van der Waals surface area contributed by atoms with Crippen molar-refractivity contribution >= 4 is 17.5 Å². The quantitative estimate of drug-likeness (QED) is 0.812. The number of carbonyl (C=O) groups excluding carboxylic acids is 2. The number of nitrogens with zero attached hydrogens (tertiary/aromatic N) is 1. The molecule has 1 atom stereocenters. The number of nitrogens with one attached hydrogen (secondary N) is 2. The van der Waals surface area contributed by atoms with Crippen molar-refractivity contribution in [1.29, 1.82) is 0 Å². The summed E-state index contributed by atoms with van der Waals surface area (Å²) in [4.78, 5) is 25.9. The van der Waals surface area contributed by atoms with Crippen molar-refractivity contribution in [3.05, 3.63) is 29.3 Å². The molecule has 1 aromatic rings. The molecule has 24 heavy (non-hydrogen) atoms. The third kappa shape index (κ3) is 2.71. The van der Waals surface area contributed by atoms with Crippen LogP contribution in [0.2, 0.25) is 0 Å². The number of amides is 2. The summed E-state index contributed by atoms with van der Waals surface area (Å²) in [6, 6.07) is 6.43. The van der Waals surface area contributed by atoms with Gasteiger partial charge in [0, 0.05) is 38.3 Å². The number of piperidine rings is 2. The lowest BCUT2D eigenvalue weighted by atomic mass is 9.73. The highest BCUT2D eigenvalue weighted by atomic mass is 16.2. The summed E-state index contributed by atoms with van der Waals surface area (Å²) in [7, 11) is 0.